The first kappa shape index (κ1) is 20.2. The third-order valence-electron chi connectivity index (χ3n) is 4.75. The molecule has 28 heavy (non-hydrogen) atoms. The maximum absolute atomic E-state index is 12.9. The SMILES string of the molecule is CCCOc1ccc(NC(=O)C2CCCCN2C(=O)c2ccccc2)cc1Cl. The molecule has 0 radical (unpaired) electrons. The number of carbonyl (C=O) groups is 2. The van der Waals surface area contributed by atoms with E-state index in [1.807, 2.05) is 25.1 Å². The van der Waals surface area contributed by atoms with E-state index in [2.05, 4.69) is 5.32 Å². The van der Waals surface area contributed by atoms with E-state index >= 15 is 0 Å². The first-order valence-corrected chi connectivity index (χ1v) is 10.1. The molecule has 0 bridgehead atoms. The molecule has 0 spiro atoms. The zero-order chi connectivity index (χ0) is 19.9. The molecule has 3 rings (SSSR count). The molecule has 1 N–H and O–H groups in total. The van der Waals surface area contributed by atoms with Crippen molar-refractivity contribution in [3.63, 3.8) is 0 Å². The fraction of sp³-hybridized carbons (Fsp3) is 0.364. The van der Waals surface area contributed by atoms with Gasteiger partial charge in [0.15, 0.2) is 0 Å². The van der Waals surface area contributed by atoms with Crippen molar-refractivity contribution in [2.24, 2.45) is 0 Å². The van der Waals surface area contributed by atoms with E-state index in [0.717, 1.165) is 19.3 Å². The van der Waals surface area contributed by atoms with Gasteiger partial charge in [-0.3, -0.25) is 9.59 Å². The highest BCUT2D eigenvalue weighted by molar-refractivity contribution is 6.32. The summed E-state index contributed by atoms with van der Waals surface area (Å²) in [5.41, 5.74) is 1.19. The van der Waals surface area contributed by atoms with Crippen LogP contribution in [0.2, 0.25) is 5.02 Å². The summed E-state index contributed by atoms with van der Waals surface area (Å²) in [6.45, 7) is 3.19. The average molecular weight is 401 g/mol. The van der Waals surface area contributed by atoms with Gasteiger partial charge in [0.25, 0.3) is 5.91 Å². The van der Waals surface area contributed by atoms with Gasteiger partial charge in [0.2, 0.25) is 5.91 Å². The van der Waals surface area contributed by atoms with Crippen LogP contribution in [0.1, 0.15) is 43.0 Å². The highest BCUT2D eigenvalue weighted by Gasteiger charge is 2.32. The molecule has 5 nitrogen and oxygen atoms in total. The fourth-order valence-corrected chi connectivity index (χ4v) is 3.56. The van der Waals surface area contributed by atoms with Crippen molar-refractivity contribution in [1.29, 1.82) is 0 Å². The first-order chi connectivity index (χ1) is 13.6. The van der Waals surface area contributed by atoms with Crippen LogP contribution in [-0.2, 0) is 4.79 Å². The van der Waals surface area contributed by atoms with Crippen LogP contribution in [0, 0.1) is 0 Å². The minimum absolute atomic E-state index is 0.109. The van der Waals surface area contributed by atoms with Crippen LogP contribution in [0.3, 0.4) is 0 Å². The minimum Gasteiger partial charge on any atom is -0.492 e. The summed E-state index contributed by atoms with van der Waals surface area (Å²) in [5, 5.41) is 3.35. The van der Waals surface area contributed by atoms with Crippen molar-refractivity contribution in [3.8, 4) is 5.75 Å². The van der Waals surface area contributed by atoms with Crippen LogP contribution in [0.5, 0.6) is 5.75 Å². The Morgan fingerprint density at radius 2 is 1.96 bits per heavy atom. The lowest BCUT2D eigenvalue weighted by Crippen LogP contribution is -2.50. The topological polar surface area (TPSA) is 58.6 Å². The lowest BCUT2D eigenvalue weighted by molar-refractivity contribution is -0.121. The Labute approximate surface area is 170 Å². The van der Waals surface area contributed by atoms with Gasteiger partial charge in [0.05, 0.1) is 11.6 Å². The van der Waals surface area contributed by atoms with Crippen LogP contribution in [-0.4, -0.2) is 35.9 Å². The third kappa shape index (κ3) is 4.84. The molecule has 148 valence electrons. The van der Waals surface area contributed by atoms with Crippen molar-refractivity contribution >= 4 is 29.1 Å². The van der Waals surface area contributed by atoms with Gasteiger partial charge in [-0.15, -0.1) is 0 Å². The number of benzene rings is 2. The second-order valence-electron chi connectivity index (χ2n) is 6.86. The second kappa shape index (κ2) is 9.60. The number of likely N-dealkylation sites (tertiary alicyclic amines) is 1. The molecule has 0 aromatic heterocycles. The van der Waals surface area contributed by atoms with E-state index in [4.69, 9.17) is 16.3 Å². The van der Waals surface area contributed by atoms with Gasteiger partial charge in [0.1, 0.15) is 11.8 Å². The number of halogens is 1. The quantitative estimate of drug-likeness (QED) is 0.760. The normalized spacial score (nSPS) is 16.5. The monoisotopic (exact) mass is 400 g/mol. The molecule has 1 unspecified atom stereocenters. The summed E-state index contributed by atoms with van der Waals surface area (Å²) in [5.74, 6) is 0.295. The summed E-state index contributed by atoms with van der Waals surface area (Å²) < 4.78 is 5.56. The van der Waals surface area contributed by atoms with E-state index in [9.17, 15) is 9.59 Å². The predicted molar refractivity (Wildman–Crippen MR) is 111 cm³/mol. The van der Waals surface area contributed by atoms with Crippen molar-refractivity contribution in [3.05, 3.63) is 59.1 Å². The van der Waals surface area contributed by atoms with Gasteiger partial charge < -0.3 is 15.0 Å². The van der Waals surface area contributed by atoms with Crippen molar-refractivity contribution in [2.75, 3.05) is 18.5 Å². The zero-order valence-corrected chi connectivity index (χ0v) is 16.7. The summed E-state index contributed by atoms with van der Waals surface area (Å²) in [4.78, 5) is 27.5. The molecule has 2 aromatic carbocycles. The predicted octanol–water partition coefficient (Wildman–Crippen LogP) is 4.76. The minimum atomic E-state index is -0.490. The highest BCUT2D eigenvalue weighted by atomic mass is 35.5. The lowest BCUT2D eigenvalue weighted by atomic mass is 10.00. The standard InChI is InChI=1S/C22H25ClN2O3/c1-2-14-28-20-12-11-17(15-18(20)23)24-21(26)19-10-6-7-13-25(19)22(27)16-8-4-3-5-9-16/h3-5,8-9,11-12,15,19H,2,6-7,10,13-14H2,1H3,(H,24,26). The van der Waals surface area contributed by atoms with Crippen molar-refractivity contribution in [2.45, 2.75) is 38.6 Å². The summed E-state index contributed by atoms with van der Waals surface area (Å²) in [7, 11) is 0. The smallest absolute Gasteiger partial charge is 0.254 e. The van der Waals surface area contributed by atoms with Gasteiger partial charge >= 0.3 is 0 Å². The van der Waals surface area contributed by atoms with E-state index in [0.29, 0.717) is 41.6 Å². The van der Waals surface area contributed by atoms with Crippen LogP contribution in [0.15, 0.2) is 48.5 Å². The molecule has 2 aromatic rings. The number of ether oxygens (including phenoxy) is 1. The largest absolute Gasteiger partial charge is 0.492 e. The Hall–Kier alpha value is -2.53. The van der Waals surface area contributed by atoms with Gasteiger partial charge in [-0.25, -0.2) is 0 Å². The third-order valence-corrected chi connectivity index (χ3v) is 5.04. The molecule has 1 heterocycles. The summed E-state index contributed by atoms with van der Waals surface area (Å²) in [6, 6.07) is 13.8. The van der Waals surface area contributed by atoms with Crippen molar-refractivity contribution in [1.82, 2.24) is 4.90 Å². The molecular weight excluding hydrogens is 376 g/mol. The molecule has 0 aliphatic carbocycles. The van der Waals surface area contributed by atoms with Crippen LogP contribution in [0.4, 0.5) is 5.69 Å². The summed E-state index contributed by atoms with van der Waals surface area (Å²) >= 11 is 6.25. The molecule has 0 saturated carbocycles. The molecule has 1 fully saturated rings. The van der Waals surface area contributed by atoms with E-state index in [-0.39, 0.29) is 11.8 Å². The molecule has 6 heteroatoms. The van der Waals surface area contributed by atoms with Gasteiger partial charge in [-0.1, -0.05) is 36.7 Å². The number of rotatable bonds is 6. The highest BCUT2D eigenvalue weighted by Crippen LogP contribution is 2.28. The lowest BCUT2D eigenvalue weighted by Gasteiger charge is -2.34. The van der Waals surface area contributed by atoms with E-state index in [1.54, 1.807) is 35.2 Å². The van der Waals surface area contributed by atoms with Crippen LogP contribution >= 0.6 is 11.6 Å². The Morgan fingerprint density at radius 3 is 2.68 bits per heavy atom. The number of piperidine rings is 1. The number of hydrogen-bond acceptors (Lipinski definition) is 3. The number of carbonyl (C=O) groups excluding carboxylic acids is 2. The van der Waals surface area contributed by atoms with Gasteiger partial charge in [-0.2, -0.15) is 0 Å². The number of anilines is 1. The second-order valence-corrected chi connectivity index (χ2v) is 7.27. The molecule has 1 saturated heterocycles. The Morgan fingerprint density at radius 1 is 1.18 bits per heavy atom. The zero-order valence-electron chi connectivity index (χ0n) is 16.0. The van der Waals surface area contributed by atoms with E-state index < -0.39 is 6.04 Å². The molecule has 1 aliphatic heterocycles. The van der Waals surface area contributed by atoms with Gasteiger partial charge in [-0.05, 0) is 56.0 Å². The number of amides is 2. The Balaban J connectivity index is 1.71. The molecule has 2 amide bonds. The number of nitrogens with one attached hydrogen (secondary N) is 1. The molecular formula is C22H25ClN2O3. The van der Waals surface area contributed by atoms with Crippen molar-refractivity contribution < 1.29 is 14.3 Å². The van der Waals surface area contributed by atoms with Crippen LogP contribution < -0.4 is 10.1 Å². The Kier molecular flexibility index (Phi) is 6.93. The van der Waals surface area contributed by atoms with E-state index in [1.165, 1.54) is 0 Å². The average Bonchev–Trinajstić information content (AvgIpc) is 2.73. The number of nitrogens with zero attached hydrogens (tertiary/aromatic N) is 1. The van der Waals surface area contributed by atoms with Gasteiger partial charge in [0, 0.05) is 17.8 Å². The summed E-state index contributed by atoms with van der Waals surface area (Å²) in [6.07, 6.45) is 3.36. The first-order valence-electron chi connectivity index (χ1n) is 9.69. The number of hydrogen-bond donors (Lipinski definition) is 1. The maximum Gasteiger partial charge on any atom is 0.254 e. The Bertz CT molecular complexity index is 826. The molecule has 1 aliphatic rings. The maximum atomic E-state index is 12.9. The van der Waals surface area contributed by atoms with Crippen LogP contribution in [0.25, 0.3) is 0 Å². The fourth-order valence-electron chi connectivity index (χ4n) is 3.33. The molecule has 1 atom stereocenters.